The Balaban J connectivity index is 1.77. The lowest BCUT2D eigenvalue weighted by atomic mass is 10.1. The number of carbonyl (C=O) groups is 1. The number of carbonyl (C=O) groups excluding carboxylic acids is 1. The zero-order valence-corrected chi connectivity index (χ0v) is 12.5. The summed E-state index contributed by atoms with van der Waals surface area (Å²) in [5, 5.41) is 2.81. The highest BCUT2D eigenvalue weighted by molar-refractivity contribution is 5.97. The van der Waals surface area contributed by atoms with Crippen molar-refractivity contribution in [2.45, 2.75) is 12.7 Å². The molecule has 0 aliphatic rings. The molecule has 1 amide bonds. The van der Waals surface area contributed by atoms with Crippen LogP contribution in [0, 0.1) is 11.6 Å². The van der Waals surface area contributed by atoms with Crippen LogP contribution in [0.3, 0.4) is 0 Å². The highest BCUT2D eigenvalue weighted by Gasteiger charge is 2.31. The summed E-state index contributed by atoms with van der Waals surface area (Å²) in [5.74, 6) is -1.97. The van der Waals surface area contributed by atoms with Gasteiger partial charge in [0, 0.05) is 23.0 Å². The standard InChI is InChI=1S/C17H11F5N2O/c18-12-2-4-14-9(6-12)7-15(24-14)16(25)23-8-10-5-11(17(20,21)22)1-3-13(10)19/h1-7,24H,8H2,(H,23,25). The summed E-state index contributed by atoms with van der Waals surface area (Å²) >= 11 is 0. The number of rotatable bonds is 3. The molecule has 0 saturated carbocycles. The van der Waals surface area contributed by atoms with Gasteiger partial charge in [-0.25, -0.2) is 8.78 Å². The molecular formula is C17H11F5N2O. The molecule has 8 heteroatoms. The van der Waals surface area contributed by atoms with E-state index in [9.17, 15) is 26.7 Å². The van der Waals surface area contributed by atoms with Gasteiger partial charge in [0.05, 0.1) is 5.56 Å². The summed E-state index contributed by atoms with van der Waals surface area (Å²) < 4.78 is 64.8. The first-order valence-electron chi connectivity index (χ1n) is 7.16. The third-order valence-electron chi connectivity index (χ3n) is 3.64. The smallest absolute Gasteiger partial charge is 0.351 e. The molecule has 2 N–H and O–H groups in total. The predicted molar refractivity (Wildman–Crippen MR) is 80.8 cm³/mol. The first-order chi connectivity index (χ1) is 11.7. The molecule has 0 fully saturated rings. The van der Waals surface area contributed by atoms with Crippen LogP contribution >= 0.6 is 0 Å². The fourth-order valence-electron chi connectivity index (χ4n) is 2.38. The molecule has 2 aromatic carbocycles. The average molecular weight is 354 g/mol. The topological polar surface area (TPSA) is 44.9 Å². The minimum Gasteiger partial charge on any atom is -0.351 e. The first-order valence-corrected chi connectivity index (χ1v) is 7.16. The van der Waals surface area contributed by atoms with Gasteiger partial charge in [-0.2, -0.15) is 13.2 Å². The minimum atomic E-state index is -4.60. The zero-order chi connectivity index (χ0) is 18.2. The lowest BCUT2D eigenvalue weighted by Crippen LogP contribution is -2.24. The van der Waals surface area contributed by atoms with Gasteiger partial charge in [-0.1, -0.05) is 0 Å². The molecule has 0 saturated heterocycles. The molecule has 0 aliphatic heterocycles. The van der Waals surface area contributed by atoms with Crippen LogP contribution in [-0.4, -0.2) is 10.9 Å². The second-order valence-electron chi connectivity index (χ2n) is 5.40. The molecule has 0 atom stereocenters. The van der Waals surface area contributed by atoms with E-state index in [0.717, 1.165) is 0 Å². The summed E-state index contributed by atoms with van der Waals surface area (Å²) in [6, 6.07) is 7.29. The number of amides is 1. The fourth-order valence-corrected chi connectivity index (χ4v) is 2.38. The van der Waals surface area contributed by atoms with Gasteiger partial charge in [0.2, 0.25) is 0 Å². The molecule has 25 heavy (non-hydrogen) atoms. The van der Waals surface area contributed by atoms with Gasteiger partial charge in [-0.3, -0.25) is 4.79 Å². The van der Waals surface area contributed by atoms with E-state index in [2.05, 4.69) is 10.3 Å². The van der Waals surface area contributed by atoms with Gasteiger partial charge in [0.15, 0.2) is 0 Å². The molecule has 3 nitrogen and oxygen atoms in total. The minimum absolute atomic E-state index is 0.0907. The van der Waals surface area contributed by atoms with Crippen LogP contribution in [0.5, 0.6) is 0 Å². The molecule has 0 aliphatic carbocycles. The molecule has 0 radical (unpaired) electrons. The number of benzene rings is 2. The fraction of sp³-hybridized carbons (Fsp3) is 0.118. The van der Waals surface area contributed by atoms with Gasteiger partial charge in [-0.05, 0) is 42.5 Å². The number of aromatic nitrogens is 1. The second-order valence-corrected chi connectivity index (χ2v) is 5.40. The van der Waals surface area contributed by atoms with E-state index < -0.39 is 35.8 Å². The number of H-pyrrole nitrogens is 1. The summed E-state index contributed by atoms with van der Waals surface area (Å²) in [7, 11) is 0. The largest absolute Gasteiger partial charge is 0.416 e. The van der Waals surface area contributed by atoms with Crippen LogP contribution in [0.1, 0.15) is 21.6 Å². The van der Waals surface area contributed by atoms with E-state index in [-0.39, 0.29) is 11.3 Å². The Morgan fingerprint density at radius 1 is 1.04 bits per heavy atom. The number of nitrogens with one attached hydrogen (secondary N) is 2. The number of halogens is 5. The Bertz CT molecular complexity index is 946. The average Bonchev–Trinajstić information content (AvgIpc) is 2.95. The molecule has 3 aromatic rings. The maximum absolute atomic E-state index is 13.7. The van der Waals surface area contributed by atoms with Gasteiger partial charge in [0.25, 0.3) is 5.91 Å². The van der Waals surface area contributed by atoms with Crippen LogP contribution in [0.15, 0.2) is 42.5 Å². The Hall–Kier alpha value is -2.90. The number of aromatic amines is 1. The van der Waals surface area contributed by atoms with Gasteiger partial charge in [0.1, 0.15) is 17.3 Å². The number of hydrogen-bond donors (Lipinski definition) is 2. The number of alkyl halides is 3. The molecular weight excluding hydrogens is 343 g/mol. The third-order valence-corrected chi connectivity index (χ3v) is 3.64. The zero-order valence-electron chi connectivity index (χ0n) is 12.5. The van der Waals surface area contributed by atoms with Crippen LogP contribution in [-0.2, 0) is 12.7 Å². The van der Waals surface area contributed by atoms with Crippen molar-refractivity contribution in [2.75, 3.05) is 0 Å². The third kappa shape index (κ3) is 3.62. The van der Waals surface area contributed by atoms with Crippen LogP contribution in [0.25, 0.3) is 10.9 Å². The maximum Gasteiger partial charge on any atom is 0.416 e. The van der Waals surface area contributed by atoms with E-state index in [0.29, 0.717) is 29.1 Å². The van der Waals surface area contributed by atoms with Crippen molar-refractivity contribution in [1.82, 2.24) is 10.3 Å². The van der Waals surface area contributed by atoms with Crippen molar-refractivity contribution in [3.63, 3.8) is 0 Å². The SMILES string of the molecule is O=C(NCc1cc(C(F)(F)F)ccc1F)c1cc2cc(F)ccc2[nH]1. The normalized spacial score (nSPS) is 11.7. The van der Waals surface area contributed by atoms with Crippen LogP contribution < -0.4 is 5.32 Å². The molecule has 1 aromatic heterocycles. The van der Waals surface area contributed by atoms with Gasteiger partial charge in [-0.15, -0.1) is 0 Å². The van der Waals surface area contributed by atoms with E-state index >= 15 is 0 Å². The van der Waals surface area contributed by atoms with E-state index in [1.165, 1.54) is 24.3 Å². The van der Waals surface area contributed by atoms with E-state index in [1.807, 2.05) is 0 Å². The maximum atomic E-state index is 13.7. The quantitative estimate of drug-likeness (QED) is 0.673. The molecule has 0 spiro atoms. The molecule has 0 bridgehead atoms. The number of hydrogen-bond acceptors (Lipinski definition) is 1. The Labute approximate surface area is 138 Å². The molecule has 3 rings (SSSR count). The summed E-state index contributed by atoms with van der Waals surface area (Å²) in [4.78, 5) is 14.8. The Kier molecular flexibility index (Phi) is 4.20. The first kappa shape index (κ1) is 16.9. The summed E-state index contributed by atoms with van der Waals surface area (Å²) in [6.07, 6.45) is -4.60. The Morgan fingerprint density at radius 3 is 2.52 bits per heavy atom. The molecule has 1 heterocycles. The van der Waals surface area contributed by atoms with E-state index in [1.54, 1.807) is 0 Å². The predicted octanol–water partition coefficient (Wildman–Crippen LogP) is 4.39. The van der Waals surface area contributed by atoms with Crippen molar-refractivity contribution in [3.8, 4) is 0 Å². The molecule has 0 unspecified atom stereocenters. The van der Waals surface area contributed by atoms with Gasteiger partial charge >= 0.3 is 6.18 Å². The number of fused-ring (bicyclic) bond motifs is 1. The second kappa shape index (κ2) is 6.19. The highest BCUT2D eigenvalue weighted by atomic mass is 19.4. The summed E-state index contributed by atoms with van der Waals surface area (Å²) in [5.41, 5.74) is -0.672. The summed E-state index contributed by atoms with van der Waals surface area (Å²) in [6.45, 7) is -0.418. The van der Waals surface area contributed by atoms with E-state index in [4.69, 9.17) is 0 Å². The highest BCUT2D eigenvalue weighted by Crippen LogP contribution is 2.30. The molecule has 130 valence electrons. The van der Waals surface area contributed by atoms with Crippen molar-refractivity contribution >= 4 is 16.8 Å². The lowest BCUT2D eigenvalue weighted by Gasteiger charge is -2.10. The Morgan fingerprint density at radius 2 is 1.80 bits per heavy atom. The van der Waals surface area contributed by atoms with Crippen LogP contribution in [0.4, 0.5) is 22.0 Å². The van der Waals surface area contributed by atoms with Gasteiger partial charge < -0.3 is 10.3 Å². The van der Waals surface area contributed by atoms with Crippen molar-refractivity contribution in [2.24, 2.45) is 0 Å². The van der Waals surface area contributed by atoms with Crippen LogP contribution in [0.2, 0.25) is 0 Å². The van der Waals surface area contributed by atoms with Crippen molar-refractivity contribution in [3.05, 3.63) is 70.9 Å². The monoisotopic (exact) mass is 354 g/mol. The lowest BCUT2D eigenvalue weighted by molar-refractivity contribution is -0.137. The van der Waals surface area contributed by atoms with Crippen molar-refractivity contribution in [1.29, 1.82) is 0 Å². The van der Waals surface area contributed by atoms with Crippen molar-refractivity contribution < 1.29 is 26.7 Å².